The molecule has 10 nitrogen and oxygen atoms in total. The first-order chi connectivity index (χ1) is 12.8. The topological polar surface area (TPSA) is 110 Å². The second-order valence-electron chi connectivity index (χ2n) is 7.03. The van der Waals surface area contributed by atoms with Gasteiger partial charge in [0.1, 0.15) is 6.17 Å². The lowest BCUT2D eigenvalue weighted by Crippen LogP contribution is -2.50. The summed E-state index contributed by atoms with van der Waals surface area (Å²) in [5.74, 6) is -0.358. The molecule has 0 spiro atoms. The van der Waals surface area contributed by atoms with Crippen molar-refractivity contribution in [3.8, 4) is 0 Å². The van der Waals surface area contributed by atoms with Crippen LogP contribution >= 0.6 is 0 Å². The number of nitrogens with zero attached hydrogens (tertiary/aromatic N) is 5. The molecule has 3 heterocycles. The lowest BCUT2D eigenvalue weighted by molar-refractivity contribution is 0.0696. The van der Waals surface area contributed by atoms with Gasteiger partial charge in [-0.1, -0.05) is 5.21 Å². The molecule has 0 bridgehead atoms. The van der Waals surface area contributed by atoms with E-state index in [1.165, 1.54) is 19.5 Å². The molecule has 0 saturated carbocycles. The van der Waals surface area contributed by atoms with Crippen LogP contribution in [0.1, 0.15) is 30.8 Å². The van der Waals surface area contributed by atoms with Crippen molar-refractivity contribution in [2.24, 2.45) is 0 Å². The summed E-state index contributed by atoms with van der Waals surface area (Å²) in [5, 5.41) is 10.4. The third-order valence-electron chi connectivity index (χ3n) is 4.49. The zero-order valence-corrected chi connectivity index (χ0v) is 16.2. The fourth-order valence-corrected chi connectivity index (χ4v) is 5.04. The quantitative estimate of drug-likeness (QED) is 0.678. The van der Waals surface area contributed by atoms with E-state index in [9.17, 15) is 17.6 Å². The zero-order valence-electron chi connectivity index (χ0n) is 15.4. The number of carbonyl (C=O) groups excluding carboxylic acids is 1. The average molecular weight is 404 g/mol. The maximum atomic E-state index is 14.0. The molecule has 2 aliphatic rings. The molecule has 1 aromatic heterocycles. The van der Waals surface area contributed by atoms with Crippen LogP contribution in [0.3, 0.4) is 0 Å². The molecule has 2 saturated heterocycles. The van der Waals surface area contributed by atoms with Crippen LogP contribution in [0.4, 0.5) is 4.39 Å². The van der Waals surface area contributed by atoms with Gasteiger partial charge in [0.15, 0.2) is 5.69 Å². The smallest absolute Gasteiger partial charge is 0.282 e. The minimum absolute atomic E-state index is 0.0427. The molecule has 0 radical (unpaired) electrons. The van der Waals surface area contributed by atoms with Gasteiger partial charge in [0.2, 0.25) is 0 Å². The number of morpholine rings is 1. The number of halogens is 1. The lowest BCUT2D eigenvalue weighted by Gasteiger charge is -2.32. The van der Waals surface area contributed by atoms with Gasteiger partial charge in [0, 0.05) is 31.7 Å². The van der Waals surface area contributed by atoms with Gasteiger partial charge in [-0.25, -0.2) is 4.39 Å². The Balaban J connectivity index is 1.71. The first-order valence-electron chi connectivity index (χ1n) is 8.97. The van der Waals surface area contributed by atoms with Crippen LogP contribution in [-0.4, -0.2) is 89.0 Å². The van der Waals surface area contributed by atoms with Crippen LogP contribution in [0.25, 0.3) is 0 Å². The predicted octanol–water partition coefficient (Wildman–Crippen LogP) is -0.594. The summed E-state index contributed by atoms with van der Waals surface area (Å²) in [5.41, 5.74) is 0.140. The van der Waals surface area contributed by atoms with Crippen LogP contribution in [0.2, 0.25) is 0 Å². The summed E-state index contributed by atoms with van der Waals surface area (Å²) < 4.78 is 48.9. The Morgan fingerprint density at radius 2 is 2.11 bits per heavy atom. The molecule has 2 unspecified atom stereocenters. The zero-order chi connectivity index (χ0) is 19.6. The standard InChI is InChI=1S/C15H25FN6O4S/c1-11(2)17-15(23)14-10-20(19-18-14)9-13-7-12(16)8-22(13)27(24,25)21-3-5-26-6-4-21/h10-13H,3-9H2,1-2H3,(H,17,23). The maximum absolute atomic E-state index is 14.0. The molecule has 152 valence electrons. The molecule has 3 rings (SSSR count). The number of hydrogen-bond acceptors (Lipinski definition) is 6. The Morgan fingerprint density at radius 1 is 1.41 bits per heavy atom. The van der Waals surface area contributed by atoms with Crippen molar-refractivity contribution in [2.75, 3.05) is 32.8 Å². The van der Waals surface area contributed by atoms with Gasteiger partial charge < -0.3 is 10.1 Å². The number of carbonyl (C=O) groups is 1. The maximum Gasteiger partial charge on any atom is 0.282 e. The predicted molar refractivity (Wildman–Crippen MR) is 93.9 cm³/mol. The highest BCUT2D eigenvalue weighted by Crippen LogP contribution is 2.27. The van der Waals surface area contributed by atoms with Gasteiger partial charge in [-0.05, 0) is 20.3 Å². The Kier molecular flexibility index (Phi) is 6.08. The molecule has 1 aromatic rings. The highest BCUT2D eigenvalue weighted by molar-refractivity contribution is 7.86. The van der Waals surface area contributed by atoms with Crippen LogP contribution in [0.15, 0.2) is 6.20 Å². The van der Waals surface area contributed by atoms with Crippen molar-refractivity contribution in [2.45, 2.75) is 45.1 Å². The number of ether oxygens (including phenoxy) is 1. The third-order valence-corrected chi connectivity index (χ3v) is 6.55. The molecular weight excluding hydrogens is 379 g/mol. The van der Waals surface area contributed by atoms with Crippen LogP contribution in [0, 0.1) is 0 Å². The Labute approximate surface area is 157 Å². The first kappa shape index (κ1) is 20.1. The second-order valence-corrected chi connectivity index (χ2v) is 8.91. The average Bonchev–Trinajstić information content (AvgIpc) is 3.22. The van der Waals surface area contributed by atoms with E-state index in [0.29, 0.717) is 13.2 Å². The number of rotatable bonds is 6. The normalized spacial score (nSPS) is 25.2. The van der Waals surface area contributed by atoms with Gasteiger partial charge in [0.25, 0.3) is 16.1 Å². The monoisotopic (exact) mass is 404 g/mol. The SMILES string of the molecule is CC(C)NC(=O)c1cn(CC2CC(F)CN2S(=O)(=O)N2CCOCC2)nn1. The highest BCUT2D eigenvalue weighted by Gasteiger charge is 2.43. The minimum atomic E-state index is -3.78. The number of aromatic nitrogens is 3. The minimum Gasteiger partial charge on any atom is -0.379 e. The van der Waals surface area contributed by atoms with Gasteiger partial charge in [-0.2, -0.15) is 17.0 Å². The van der Waals surface area contributed by atoms with Crippen molar-refractivity contribution < 1.29 is 22.3 Å². The fourth-order valence-electron chi connectivity index (χ4n) is 3.25. The van der Waals surface area contributed by atoms with Crippen molar-refractivity contribution in [1.82, 2.24) is 28.9 Å². The van der Waals surface area contributed by atoms with E-state index in [2.05, 4.69) is 15.6 Å². The highest BCUT2D eigenvalue weighted by atomic mass is 32.2. The van der Waals surface area contributed by atoms with E-state index in [-0.39, 0.29) is 50.2 Å². The summed E-state index contributed by atoms with van der Waals surface area (Å²) in [6.07, 6.45) is 0.290. The molecule has 0 aromatic carbocycles. The van der Waals surface area contributed by atoms with Crippen molar-refractivity contribution in [3.05, 3.63) is 11.9 Å². The number of amides is 1. The number of nitrogens with one attached hydrogen (secondary N) is 1. The van der Waals surface area contributed by atoms with Crippen LogP contribution < -0.4 is 5.32 Å². The van der Waals surface area contributed by atoms with Gasteiger partial charge in [-0.15, -0.1) is 5.10 Å². The van der Waals surface area contributed by atoms with Gasteiger partial charge in [-0.3, -0.25) is 9.48 Å². The third kappa shape index (κ3) is 4.62. The summed E-state index contributed by atoms with van der Waals surface area (Å²) in [4.78, 5) is 12.0. The second kappa shape index (κ2) is 8.17. The summed E-state index contributed by atoms with van der Waals surface area (Å²) >= 11 is 0. The van der Waals surface area contributed by atoms with Crippen molar-refractivity contribution in [3.63, 3.8) is 0 Å². The lowest BCUT2D eigenvalue weighted by atomic mass is 10.2. The summed E-state index contributed by atoms with van der Waals surface area (Å²) in [6, 6.07) is -0.630. The number of alkyl halides is 1. The molecular formula is C15H25FN6O4S. The van der Waals surface area contributed by atoms with Crippen LogP contribution in [0.5, 0.6) is 0 Å². The molecule has 2 atom stereocenters. The van der Waals surface area contributed by atoms with Gasteiger partial charge in [0.05, 0.1) is 26.0 Å². The summed E-state index contributed by atoms with van der Waals surface area (Å²) in [6.45, 7) is 4.78. The van der Waals surface area contributed by atoms with E-state index in [1.54, 1.807) is 0 Å². The van der Waals surface area contributed by atoms with E-state index in [0.717, 1.165) is 0 Å². The largest absolute Gasteiger partial charge is 0.379 e. The molecule has 27 heavy (non-hydrogen) atoms. The molecule has 2 fully saturated rings. The van der Waals surface area contributed by atoms with Crippen molar-refractivity contribution >= 4 is 16.1 Å². The summed E-state index contributed by atoms with van der Waals surface area (Å²) in [7, 11) is -3.78. The molecule has 2 aliphatic heterocycles. The number of hydrogen-bond donors (Lipinski definition) is 1. The Bertz CT molecular complexity index is 764. The van der Waals surface area contributed by atoms with E-state index >= 15 is 0 Å². The van der Waals surface area contributed by atoms with E-state index in [1.807, 2.05) is 13.8 Å². The molecule has 1 N–H and O–H groups in total. The Hall–Kier alpha value is -1.63. The Morgan fingerprint density at radius 3 is 2.78 bits per heavy atom. The van der Waals surface area contributed by atoms with E-state index < -0.39 is 22.4 Å². The van der Waals surface area contributed by atoms with Crippen molar-refractivity contribution in [1.29, 1.82) is 0 Å². The van der Waals surface area contributed by atoms with Crippen LogP contribution in [-0.2, 0) is 21.5 Å². The fraction of sp³-hybridized carbons (Fsp3) is 0.800. The molecule has 12 heteroatoms. The first-order valence-corrected chi connectivity index (χ1v) is 10.4. The van der Waals surface area contributed by atoms with E-state index in [4.69, 9.17) is 4.74 Å². The molecule has 0 aliphatic carbocycles. The molecule has 1 amide bonds. The van der Waals surface area contributed by atoms with Gasteiger partial charge >= 0.3 is 0 Å².